The molecule has 12 heteroatoms. The minimum absolute atomic E-state index is 0.0706. The number of amides is 3. The monoisotopic (exact) mass is 457 g/mol. The molecular formula is C17H19N3O6S3. The van der Waals surface area contributed by atoms with Gasteiger partial charge in [-0.15, -0.1) is 22.7 Å². The van der Waals surface area contributed by atoms with Gasteiger partial charge >= 0.3 is 6.09 Å². The highest BCUT2D eigenvalue weighted by molar-refractivity contribution is 7.91. The SMILES string of the molecule is COC(=O)NC(=O)c1ccsc1NC(=O)C1CCCN(S(=O)(=O)c2cccs2)C1. The number of carbonyl (C=O) groups is 3. The topological polar surface area (TPSA) is 122 Å². The quantitative estimate of drug-likeness (QED) is 0.711. The van der Waals surface area contributed by atoms with Crippen LogP contribution < -0.4 is 10.6 Å². The lowest BCUT2D eigenvalue weighted by Crippen LogP contribution is -2.43. The Bertz CT molecular complexity index is 1000. The first-order valence-corrected chi connectivity index (χ1v) is 11.8. The van der Waals surface area contributed by atoms with Crippen LogP contribution in [0, 0.1) is 5.92 Å². The highest BCUT2D eigenvalue weighted by Gasteiger charge is 2.34. The van der Waals surface area contributed by atoms with Gasteiger partial charge in [-0.25, -0.2) is 13.2 Å². The van der Waals surface area contributed by atoms with E-state index in [1.54, 1.807) is 22.9 Å². The van der Waals surface area contributed by atoms with E-state index in [4.69, 9.17) is 0 Å². The van der Waals surface area contributed by atoms with Crippen molar-refractivity contribution < 1.29 is 27.5 Å². The summed E-state index contributed by atoms with van der Waals surface area (Å²) in [7, 11) is -2.49. The van der Waals surface area contributed by atoms with Crippen molar-refractivity contribution in [1.82, 2.24) is 9.62 Å². The molecular weight excluding hydrogens is 438 g/mol. The van der Waals surface area contributed by atoms with Crippen molar-refractivity contribution in [1.29, 1.82) is 0 Å². The summed E-state index contributed by atoms with van der Waals surface area (Å²) in [6.07, 6.45) is 0.195. The summed E-state index contributed by atoms with van der Waals surface area (Å²) >= 11 is 2.27. The number of nitrogens with zero attached hydrogens (tertiary/aromatic N) is 1. The van der Waals surface area contributed by atoms with Gasteiger partial charge in [0.1, 0.15) is 9.21 Å². The molecule has 9 nitrogen and oxygen atoms in total. The number of hydrogen-bond acceptors (Lipinski definition) is 8. The molecule has 1 aliphatic rings. The van der Waals surface area contributed by atoms with E-state index in [9.17, 15) is 22.8 Å². The Hall–Kier alpha value is -2.28. The highest BCUT2D eigenvalue weighted by atomic mass is 32.2. The molecule has 1 unspecified atom stereocenters. The second kappa shape index (κ2) is 9.03. The molecule has 1 aliphatic heterocycles. The molecule has 0 bridgehead atoms. The van der Waals surface area contributed by atoms with Gasteiger partial charge < -0.3 is 10.1 Å². The van der Waals surface area contributed by atoms with Gasteiger partial charge in [0.05, 0.1) is 18.6 Å². The van der Waals surface area contributed by atoms with Crippen molar-refractivity contribution in [3.05, 3.63) is 34.5 Å². The molecule has 2 N–H and O–H groups in total. The normalized spacial score (nSPS) is 17.5. The summed E-state index contributed by atoms with van der Waals surface area (Å²) in [6.45, 7) is 0.428. The van der Waals surface area contributed by atoms with Crippen LogP contribution >= 0.6 is 22.7 Å². The number of methoxy groups -OCH3 is 1. The van der Waals surface area contributed by atoms with E-state index in [2.05, 4.69) is 10.1 Å². The fraction of sp³-hybridized carbons (Fsp3) is 0.353. The van der Waals surface area contributed by atoms with Gasteiger partial charge in [0.2, 0.25) is 5.91 Å². The number of ether oxygens (including phenoxy) is 1. The number of sulfonamides is 1. The van der Waals surface area contributed by atoms with Crippen molar-refractivity contribution >= 4 is 55.6 Å². The maximum Gasteiger partial charge on any atom is 0.413 e. The zero-order chi connectivity index (χ0) is 21.0. The fourth-order valence-corrected chi connectivity index (χ4v) is 6.38. The Morgan fingerprint density at radius 1 is 1.21 bits per heavy atom. The largest absolute Gasteiger partial charge is 0.453 e. The van der Waals surface area contributed by atoms with Gasteiger partial charge in [-0.2, -0.15) is 4.31 Å². The molecule has 0 aromatic carbocycles. The smallest absolute Gasteiger partial charge is 0.413 e. The number of nitrogens with one attached hydrogen (secondary N) is 2. The number of rotatable bonds is 5. The van der Waals surface area contributed by atoms with Crippen LogP contribution in [0.25, 0.3) is 0 Å². The summed E-state index contributed by atoms with van der Waals surface area (Å²) in [4.78, 5) is 36.1. The van der Waals surface area contributed by atoms with Crippen LogP contribution in [0.2, 0.25) is 0 Å². The van der Waals surface area contributed by atoms with E-state index in [0.29, 0.717) is 19.4 Å². The van der Waals surface area contributed by atoms with Crippen molar-refractivity contribution in [2.45, 2.75) is 17.1 Å². The molecule has 2 aromatic rings. The van der Waals surface area contributed by atoms with Crippen LogP contribution in [0.5, 0.6) is 0 Å². The molecule has 0 saturated carbocycles. The van der Waals surface area contributed by atoms with Gasteiger partial charge in [0, 0.05) is 13.1 Å². The Kier molecular flexibility index (Phi) is 6.67. The summed E-state index contributed by atoms with van der Waals surface area (Å²) in [6, 6.07) is 4.69. The lowest BCUT2D eigenvalue weighted by molar-refractivity contribution is -0.120. The first-order valence-electron chi connectivity index (χ1n) is 8.64. The molecule has 0 spiro atoms. The molecule has 1 saturated heterocycles. The summed E-state index contributed by atoms with van der Waals surface area (Å²) in [5, 5.41) is 8.31. The van der Waals surface area contributed by atoms with Crippen molar-refractivity contribution in [3.8, 4) is 0 Å². The van der Waals surface area contributed by atoms with Crippen LogP contribution in [0.1, 0.15) is 23.2 Å². The third-order valence-corrected chi connectivity index (χ3v) is 8.46. The molecule has 0 aliphatic carbocycles. The Balaban J connectivity index is 1.68. The van der Waals surface area contributed by atoms with Gasteiger partial charge in [0.25, 0.3) is 15.9 Å². The lowest BCUT2D eigenvalue weighted by Gasteiger charge is -2.30. The standard InChI is InChI=1S/C17H19N3O6S3/c1-26-17(23)19-15(22)12-6-9-28-16(12)18-14(21)11-4-2-7-20(10-11)29(24,25)13-5-3-8-27-13/h3,5-6,8-9,11H,2,4,7,10H2,1H3,(H,18,21)(H,19,22,23). The molecule has 2 aromatic heterocycles. The number of carbonyl (C=O) groups excluding carboxylic acids is 3. The number of piperidine rings is 1. The van der Waals surface area contributed by atoms with E-state index in [1.165, 1.54) is 10.4 Å². The number of anilines is 1. The molecule has 3 rings (SSSR count). The van der Waals surface area contributed by atoms with Gasteiger partial charge in [0.15, 0.2) is 0 Å². The van der Waals surface area contributed by atoms with Crippen molar-refractivity contribution in [3.63, 3.8) is 0 Å². The first kappa shape index (κ1) is 21.4. The minimum Gasteiger partial charge on any atom is -0.453 e. The number of thiophene rings is 2. The number of imide groups is 1. The molecule has 1 atom stereocenters. The maximum atomic E-state index is 12.7. The van der Waals surface area contributed by atoms with Crippen LogP contribution in [0.15, 0.2) is 33.2 Å². The molecule has 156 valence electrons. The second-order valence-corrected chi connectivity index (χ2v) is 10.3. The van der Waals surface area contributed by atoms with Crippen LogP contribution in [-0.4, -0.2) is 50.8 Å². The minimum atomic E-state index is -3.63. The van der Waals surface area contributed by atoms with E-state index in [-0.39, 0.29) is 27.2 Å². The molecule has 0 radical (unpaired) electrons. The van der Waals surface area contributed by atoms with E-state index in [0.717, 1.165) is 29.8 Å². The molecule has 1 fully saturated rings. The van der Waals surface area contributed by atoms with Crippen LogP contribution in [-0.2, 0) is 19.6 Å². The molecule has 3 amide bonds. The Morgan fingerprint density at radius 3 is 2.69 bits per heavy atom. The third-order valence-electron chi connectivity index (χ3n) is 4.39. The molecule has 3 heterocycles. The maximum absolute atomic E-state index is 12.7. The predicted molar refractivity (Wildman–Crippen MR) is 109 cm³/mol. The average Bonchev–Trinajstić information content (AvgIpc) is 3.40. The average molecular weight is 458 g/mol. The van der Waals surface area contributed by atoms with Gasteiger partial charge in [-0.1, -0.05) is 6.07 Å². The zero-order valence-electron chi connectivity index (χ0n) is 15.4. The Morgan fingerprint density at radius 2 is 2.00 bits per heavy atom. The van der Waals surface area contributed by atoms with E-state index in [1.807, 2.05) is 5.32 Å². The van der Waals surface area contributed by atoms with Crippen molar-refractivity contribution in [2.24, 2.45) is 5.92 Å². The first-order chi connectivity index (χ1) is 13.8. The van der Waals surface area contributed by atoms with E-state index >= 15 is 0 Å². The molecule has 29 heavy (non-hydrogen) atoms. The lowest BCUT2D eigenvalue weighted by atomic mass is 9.99. The van der Waals surface area contributed by atoms with Crippen molar-refractivity contribution in [2.75, 3.05) is 25.5 Å². The van der Waals surface area contributed by atoms with Gasteiger partial charge in [-0.05, 0) is 35.7 Å². The fourth-order valence-electron chi connectivity index (χ4n) is 2.92. The second-order valence-electron chi connectivity index (χ2n) is 6.23. The Labute approximate surface area is 175 Å². The summed E-state index contributed by atoms with van der Waals surface area (Å²) in [5.41, 5.74) is 0.132. The zero-order valence-corrected chi connectivity index (χ0v) is 17.9. The number of alkyl carbamates (subject to hydrolysis) is 1. The van der Waals surface area contributed by atoms with E-state index < -0.39 is 27.9 Å². The summed E-state index contributed by atoms with van der Waals surface area (Å²) in [5.74, 6) is -1.61. The van der Waals surface area contributed by atoms with Crippen LogP contribution in [0.3, 0.4) is 0 Å². The predicted octanol–water partition coefficient (Wildman–Crippen LogP) is 2.35. The van der Waals surface area contributed by atoms with Crippen LogP contribution in [0.4, 0.5) is 9.80 Å². The third kappa shape index (κ3) is 4.83. The number of hydrogen-bond donors (Lipinski definition) is 2. The van der Waals surface area contributed by atoms with Gasteiger partial charge in [-0.3, -0.25) is 14.9 Å². The highest BCUT2D eigenvalue weighted by Crippen LogP contribution is 2.29. The summed E-state index contributed by atoms with van der Waals surface area (Å²) < 4.78 is 31.4.